The van der Waals surface area contributed by atoms with E-state index in [2.05, 4.69) is 75.1 Å². The fourth-order valence-electron chi connectivity index (χ4n) is 12.0. The number of Topliss-reactive ketones (excluding diaryl/α,β-unsaturated/α-hetero) is 1. The van der Waals surface area contributed by atoms with Crippen LogP contribution in [0.25, 0.3) is 41.8 Å². The second kappa shape index (κ2) is 38.5. The molecule has 11 rings (SSSR count). The summed E-state index contributed by atoms with van der Waals surface area (Å²) in [4.78, 5) is 81.5. The van der Waals surface area contributed by atoms with Crippen molar-refractivity contribution in [2.45, 2.75) is 261 Å². The summed E-state index contributed by atoms with van der Waals surface area (Å²) in [6, 6.07) is 4.46. The molecule has 11 heterocycles. The summed E-state index contributed by atoms with van der Waals surface area (Å²) in [6.45, 7) is 24.1. The number of hydrogen-bond donors (Lipinski definition) is 8. The van der Waals surface area contributed by atoms with Crippen molar-refractivity contribution in [2.24, 2.45) is 25.4 Å². The number of ether oxygens (including phenoxy) is 10. The molecule has 0 spiro atoms. The van der Waals surface area contributed by atoms with Gasteiger partial charge in [0.15, 0.2) is 47.8 Å². The minimum atomic E-state index is -3.91. The number of aliphatic imine (C=N–C) groups is 1. The normalized spacial score (nSPS) is 31.3. The molecular weight excluding hydrogens is 1550 g/mol. The first-order chi connectivity index (χ1) is 54.4. The van der Waals surface area contributed by atoms with Crippen molar-refractivity contribution in [3.05, 3.63) is 151 Å². The Bertz CT molecular complexity index is 4690. The number of halogens is 3. The van der Waals surface area contributed by atoms with E-state index in [1.807, 2.05) is 19.8 Å². The van der Waals surface area contributed by atoms with Crippen LogP contribution in [0.15, 0.2) is 89.3 Å². The molecule has 0 aliphatic carbocycles. The van der Waals surface area contributed by atoms with E-state index in [0.717, 1.165) is 15.3 Å². The highest BCUT2D eigenvalue weighted by atomic mass is 19.3. The second-order valence-corrected chi connectivity index (χ2v) is 28.6. The molecule has 116 heavy (non-hydrogen) atoms. The maximum absolute atomic E-state index is 15.3. The van der Waals surface area contributed by atoms with Gasteiger partial charge >= 0.3 is 23.0 Å². The first kappa shape index (κ1) is 93.4. The predicted octanol–water partition coefficient (Wildman–Crippen LogP) is 3.62. The summed E-state index contributed by atoms with van der Waals surface area (Å²) in [7, 11) is 0. The minimum Gasteiger partial charge on any atom is -0.387 e. The molecule has 0 radical (unpaired) electrons. The van der Waals surface area contributed by atoms with Crippen LogP contribution in [0.4, 0.5) is 19.0 Å². The molecular formula is C67H93F3N24O22. The first-order valence-corrected chi connectivity index (χ1v) is 35.8. The number of carbonyl (C=O) groups is 1. The van der Waals surface area contributed by atoms with E-state index in [-0.39, 0.29) is 80.7 Å². The van der Waals surface area contributed by atoms with Gasteiger partial charge in [-0.25, -0.2) is 38.4 Å². The maximum Gasteiger partial charge on any atom is 0.350 e. The molecule has 0 bridgehead atoms. The number of hydrogen-bond acceptors (Lipinski definition) is 33. The van der Waals surface area contributed by atoms with Gasteiger partial charge in [0.2, 0.25) is 34.8 Å². The number of aryl methyl sites for hydroxylation is 4. The highest BCUT2D eigenvalue weighted by Gasteiger charge is 2.68. The average Bonchev–Trinajstić information content (AvgIpc) is 1.57. The van der Waals surface area contributed by atoms with Gasteiger partial charge in [-0.15, -0.1) is 6.42 Å². The Balaban J connectivity index is 0.000000201. The number of imidazole rings is 1. The zero-order chi connectivity index (χ0) is 86.5. The molecule has 5 aromatic rings. The number of azide groups is 4. The van der Waals surface area contributed by atoms with Crippen LogP contribution >= 0.6 is 0 Å². The summed E-state index contributed by atoms with van der Waals surface area (Å²) in [6.07, 6.45) is -7.48. The van der Waals surface area contributed by atoms with Crippen molar-refractivity contribution < 1.29 is 106 Å². The molecule has 0 amide bonds. The first-order valence-electron chi connectivity index (χ1n) is 35.8. The Morgan fingerprint density at radius 2 is 1.03 bits per heavy atom. The Morgan fingerprint density at radius 1 is 0.569 bits per heavy atom. The third-order valence-corrected chi connectivity index (χ3v) is 18.1. The molecule has 6 aliphatic rings. The van der Waals surface area contributed by atoms with E-state index >= 15 is 4.39 Å². The van der Waals surface area contributed by atoms with Gasteiger partial charge < -0.3 is 88.2 Å². The molecule has 46 nitrogen and oxygen atoms in total. The number of aliphatic hydroxyl groups is 8. The van der Waals surface area contributed by atoms with Crippen molar-refractivity contribution in [3.63, 3.8) is 0 Å². The van der Waals surface area contributed by atoms with Gasteiger partial charge in [0.25, 0.3) is 0 Å². The summed E-state index contributed by atoms with van der Waals surface area (Å²) >= 11 is 0. The van der Waals surface area contributed by atoms with E-state index in [0.29, 0.717) is 27.5 Å². The number of carbonyl (C=O) groups excluding carboxylic acids is 1. The van der Waals surface area contributed by atoms with Crippen LogP contribution in [0.3, 0.4) is 0 Å². The fraction of sp³-hybridized carbons (Fsp3) is 0.687. The number of terminal acetylenes is 1. The van der Waals surface area contributed by atoms with E-state index in [1.165, 1.54) is 60.4 Å². The lowest BCUT2D eigenvalue weighted by molar-refractivity contribution is -0.189. The molecule has 0 aromatic carbocycles. The molecule has 49 heteroatoms. The number of alkyl halides is 3. The van der Waals surface area contributed by atoms with Crippen LogP contribution < -0.4 is 17.1 Å². The lowest BCUT2D eigenvalue weighted by Gasteiger charge is -2.31. The van der Waals surface area contributed by atoms with Crippen LogP contribution in [0.1, 0.15) is 141 Å². The standard InChI is InChI=1S/C16H18FN3O4.C14H21N5O5.C13H17F2N5O4.C13H19N5O5.C11H18N6O4/c1-4-16(17)13(22)11(7-23-9(2)3)24-15(16)20-8-19-12-10(21)5-6-18-14(12)20;1-8(2)23-7-14(17-18-15)11(21)10(20)13(4,24-14)19-6-5-9(3)16-12(19)22;1-7(2)23-6-12(18-19-16)9(21)13(14,15)10(24-12)20-5-4-8(3)17-11(20)22;1-7(2)22-6-13(16-17-14)10(20)9(19)11(23-13)18-5-4-8(3)15-12(18)21;1-6(2)20-4-11(15-16-12)9(19)8(18)10(21-11)17-5-13-7(3)14-17/h1,6,8-9,11,13,15,22H,5,7H2,2-3H3;5-6,8,10-11,20-21H,7H2,1-4H3;4-5,7,9-10,21H,6H2,1-3H3;4-5,7,9-11,19-20H,6H2,1-3H3;5-6,8-10,18-19H,4H2,1-3H3/t11-,13-,15-,16-;10-,11+,13-,14-;9-,10-,12-;9-,10+,11-,13-;8-,9+,10-,11-/m11111/s1. The van der Waals surface area contributed by atoms with Gasteiger partial charge in [0.05, 0.1) is 69.9 Å². The zero-order valence-corrected chi connectivity index (χ0v) is 65.6. The quantitative estimate of drug-likeness (QED) is 0.0189. The molecule has 0 unspecified atom stereocenters. The highest BCUT2D eigenvalue weighted by molar-refractivity contribution is 6.08. The van der Waals surface area contributed by atoms with Gasteiger partial charge in [-0.1, -0.05) is 26.4 Å². The third-order valence-electron chi connectivity index (χ3n) is 18.1. The van der Waals surface area contributed by atoms with Gasteiger partial charge in [-0.05, 0) is 144 Å². The second-order valence-electron chi connectivity index (χ2n) is 28.6. The minimum absolute atomic E-state index is 0.0121. The van der Waals surface area contributed by atoms with Crippen LogP contribution in [-0.4, -0.2) is 259 Å². The van der Waals surface area contributed by atoms with Crippen LogP contribution in [0, 0.1) is 40.0 Å². The SMILES string of the molecule is C#C[C@@]1(F)[C@H](O)[C@@H](COC(C)C)O[C@H]1n1cnc2c1N=CCC2=O.Cc1ccn([C@@H]2O[C@@](COC(C)C)(N=[N+]=[N-])[C@@H](O)C2(F)F)c(=O)n1.Cc1ccn([C@@H]2O[C@@](COC(C)C)(N=[N+]=[N-])[C@@H](O)[C@H]2O)c(=O)n1.Cc1ccn([C@]2(C)O[C@@](COC(C)C)(N=[N+]=[N-])[C@@H](O)[C@H]2O)c(=O)n1.Cc1ncn([C@@H]2O[C@@](COC(C)C)(N=[N+]=[N-])[C@@H](O)[C@H]2O)n1. The zero-order valence-electron chi connectivity index (χ0n) is 65.6. The molecule has 6 aliphatic heterocycles. The fourth-order valence-corrected chi connectivity index (χ4v) is 12.0. The molecule has 5 saturated heterocycles. The number of aromatic nitrogens is 11. The largest absolute Gasteiger partial charge is 0.387 e. The highest BCUT2D eigenvalue weighted by Crippen LogP contribution is 2.50. The van der Waals surface area contributed by atoms with Crippen molar-refractivity contribution in [1.82, 2.24) is 53.0 Å². The average molecular weight is 1640 g/mol. The Hall–Kier alpha value is -9.80. The van der Waals surface area contributed by atoms with Crippen molar-refractivity contribution in [1.29, 1.82) is 0 Å². The Labute approximate surface area is 657 Å². The van der Waals surface area contributed by atoms with Crippen LogP contribution in [-0.2, 0) is 53.1 Å². The van der Waals surface area contributed by atoms with Gasteiger partial charge in [0, 0.05) is 68.0 Å². The lowest BCUT2D eigenvalue weighted by atomic mass is 9.97. The molecule has 8 N–H and O–H groups in total. The molecule has 634 valence electrons. The number of fused-ring (bicyclic) bond motifs is 1. The van der Waals surface area contributed by atoms with E-state index in [1.54, 1.807) is 88.3 Å². The van der Waals surface area contributed by atoms with Gasteiger partial charge in [-0.3, -0.25) is 23.1 Å². The van der Waals surface area contributed by atoms with E-state index in [4.69, 9.17) is 75.9 Å². The summed E-state index contributed by atoms with van der Waals surface area (Å²) in [5, 5.41) is 99.8. The van der Waals surface area contributed by atoms with Gasteiger partial charge in [-0.2, -0.15) is 28.8 Å². The Kier molecular flexibility index (Phi) is 31.0. The summed E-state index contributed by atoms with van der Waals surface area (Å²) < 4.78 is 104. The molecule has 0 saturated carbocycles. The van der Waals surface area contributed by atoms with Crippen molar-refractivity contribution >= 4 is 17.8 Å². The monoisotopic (exact) mass is 1640 g/mol. The summed E-state index contributed by atoms with van der Waals surface area (Å²) in [5.41, 5.74) is 22.3. The predicted molar refractivity (Wildman–Crippen MR) is 391 cm³/mol. The van der Waals surface area contributed by atoms with Gasteiger partial charge in [0.1, 0.15) is 61.0 Å². The number of ketones is 1. The topological polar surface area (TPSA) is 632 Å². The molecule has 5 aromatic heterocycles. The molecule has 19 atom stereocenters. The number of nitrogens with zero attached hydrogens (tertiary/aromatic N) is 24. The van der Waals surface area contributed by atoms with Crippen molar-refractivity contribution in [3.8, 4) is 12.3 Å². The van der Waals surface area contributed by atoms with E-state index in [9.17, 15) is 68.8 Å². The lowest BCUT2D eigenvalue weighted by Crippen LogP contribution is -2.48. The van der Waals surface area contributed by atoms with E-state index < -0.39 is 144 Å². The molecule has 5 fully saturated rings. The Morgan fingerprint density at radius 3 is 1.50 bits per heavy atom. The third kappa shape index (κ3) is 20.2. The summed E-state index contributed by atoms with van der Waals surface area (Å²) in [5.74, 6) is -1.49. The smallest absolute Gasteiger partial charge is 0.350 e. The number of rotatable bonds is 24. The number of aliphatic hydroxyl groups excluding tert-OH is 8. The maximum atomic E-state index is 15.3. The van der Waals surface area contributed by atoms with Crippen LogP contribution in [0.5, 0.6) is 0 Å². The van der Waals surface area contributed by atoms with Crippen molar-refractivity contribution in [2.75, 3.05) is 33.0 Å². The van der Waals surface area contributed by atoms with Crippen LogP contribution in [0.2, 0.25) is 0 Å².